The van der Waals surface area contributed by atoms with E-state index < -0.39 is 0 Å². The SMILES string of the molecule is CCN(CC)CCNC(=O)OCCc1ccccc1. The van der Waals surface area contributed by atoms with Crippen LogP contribution in [-0.4, -0.2) is 43.8 Å². The number of hydrogen-bond acceptors (Lipinski definition) is 3. The summed E-state index contributed by atoms with van der Waals surface area (Å²) in [4.78, 5) is 13.7. The van der Waals surface area contributed by atoms with E-state index >= 15 is 0 Å². The number of ether oxygens (including phenoxy) is 1. The molecule has 4 heteroatoms. The van der Waals surface area contributed by atoms with Crippen molar-refractivity contribution in [2.24, 2.45) is 0 Å². The molecule has 1 aromatic carbocycles. The summed E-state index contributed by atoms with van der Waals surface area (Å²) in [7, 11) is 0. The molecule has 0 unspecified atom stereocenters. The predicted molar refractivity (Wildman–Crippen MR) is 77.3 cm³/mol. The monoisotopic (exact) mass is 264 g/mol. The van der Waals surface area contributed by atoms with E-state index in [9.17, 15) is 4.79 Å². The van der Waals surface area contributed by atoms with Crippen LogP contribution in [0.2, 0.25) is 0 Å². The molecular weight excluding hydrogens is 240 g/mol. The van der Waals surface area contributed by atoms with Crippen LogP contribution in [0.25, 0.3) is 0 Å². The number of nitrogens with zero attached hydrogens (tertiary/aromatic N) is 1. The summed E-state index contributed by atoms with van der Waals surface area (Å²) in [6, 6.07) is 10.0. The molecule has 0 atom stereocenters. The zero-order valence-electron chi connectivity index (χ0n) is 11.9. The van der Waals surface area contributed by atoms with E-state index in [2.05, 4.69) is 24.1 Å². The average Bonchev–Trinajstić information content (AvgIpc) is 2.45. The number of carbonyl (C=O) groups is 1. The highest BCUT2D eigenvalue weighted by molar-refractivity contribution is 5.67. The maximum Gasteiger partial charge on any atom is 0.407 e. The van der Waals surface area contributed by atoms with Crippen LogP contribution in [0.5, 0.6) is 0 Å². The zero-order valence-corrected chi connectivity index (χ0v) is 11.9. The molecule has 1 N–H and O–H groups in total. The summed E-state index contributed by atoms with van der Waals surface area (Å²) < 4.78 is 5.13. The Morgan fingerprint density at radius 2 is 1.89 bits per heavy atom. The van der Waals surface area contributed by atoms with Gasteiger partial charge in [0.25, 0.3) is 0 Å². The van der Waals surface area contributed by atoms with Gasteiger partial charge < -0.3 is 15.0 Å². The lowest BCUT2D eigenvalue weighted by Gasteiger charge is -2.17. The Bertz CT molecular complexity index is 350. The molecule has 19 heavy (non-hydrogen) atoms. The number of carbonyl (C=O) groups excluding carboxylic acids is 1. The van der Waals surface area contributed by atoms with Crippen molar-refractivity contribution in [1.29, 1.82) is 0 Å². The molecule has 0 fully saturated rings. The predicted octanol–water partition coefficient (Wildman–Crippen LogP) is 2.30. The smallest absolute Gasteiger partial charge is 0.407 e. The lowest BCUT2D eigenvalue weighted by Crippen LogP contribution is -2.35. The van der Waals surface area contributed by atoms with Crippen LogP contribution in [0.15, 0.2) is 30.3 Å². The molecule has 0 aromatic heterocycles. The van der Waals surface area contributed by atoms with Gasteiger partial charge in [-0.2, -0.15) is 0 Å². The molecule has 0 bridgehead atoms. The molecule has 106 valence electrons. The number of amides is 1. The number of benzene rings is 1. The summed E-state index contributed by atoms with van der Waals surface area (Å²) in [6.07, 6.45) is 0.424. The second-order valence-electron chi connectivity index (χ2n) is 4.33. The molecule has 0 aliphatic carbocycles. The highest BCUT2D eigenvalue weighted by atomic mass is 16.5. The maximum atomic E-state index is 11.4. The first-order valence-corrected chi connectivity index (χ1v) is 6.93. The van der Waals surface area contributed by atoms with E-state index in [4.69, 9.17) is 4.74 Å². The van der Waals surface area contributed by atoms with Crippen LogP contribution < -0.4 is 5.32 Å². The summed E-state index contributed by atoms with van der Waals surface area (Å²) in [5, 5.41) is 2.77. The van der Waals surface area contributed by atoms with Crippen molar-refractivity contribution < 1.29 is 9.53 Å². The highest BCUT2D eigenvalue weighted by Gasteiger charge is 2.03. The van der Waals surface area contributed by atoms with Crippen LogP contribution in [0.1, 0.15) is 19.4 Å². The van der Waals surface area contributed by atoms with Gasteiger partial charge in [0.05, 0.1) is 6.61 Å². The molecule has 4 nitrogen and oxygen atoms in total. The number of alkyl carbamates (subject to hydrolysis) is 1. The van der Waals surface area contributed by atoms with Crippen LogP contribution in [0, 0.1) is 0 Å². The van der Waals surface area contributed by atoms with Crippen molar-refractivity contribution in [2.45, 2.75) is 20.3 Å². The number of hydrogen-bond donors (Lipinski definition) is 1. The minimum Gasteiger partial charge on any atom is -0.449 e. The first-order valence-electron chi connectivity index (χ1n) is 6.93. The first kappa shape index (κ1) is 15.5. The number of likely N-dealkylation sites (N-methyl/N-ethyl adjacent to an activating group) is 1. The Balaban J connectivity index is 2.08. The fourth-order valence-corrected chi connectivity index (χ4v) is 1.81. The van der Waals surface area contributed by atoms with Gasteiger partial charge in [0.1, 0.15) is 0 Å². The van der Waals surface area contributed by atoms with Crippen molar-refractivity contribution in [2.75, 3.05) is 32.8 Å². The van der Waals surface area contributed by atoms with Crippen molar-refractivity contribution in [3.8, 4) is 0 Å². The van der Waals surface area contributed by atoms with Crippen molar-refractivity contribution in [3.63, 3.8) is 0 Å². The Labute approximate surface area is 115 Å². The normalized spacial score (nSPS) is 10.5. The third kappa shape index (κ3) is 6.82. The third-order valence-corrected chi connectivity index (χ3v) is 3.06. The largest absolute Gasteiger partial charge is 0.449 e. The minimum atomic E-state index is -0.330. The fraction of sp³-hybridized carbons (Fsp3) is 0.533. The van der Waals surface area contributed by atoms with E-state index in [1.807, 2.05) is 30.3 Å². The minimum absolute atomic E-state index is 0.330. The van der Waals surface area contributed by atoms with E-state index in [0.717, 1.165) is 26.1 Å². The highest BCUT2D eigenvalue weighted by Crippen LogP contribution is 1.99. The van der Waals surface area contributed by atoms with Crippen LogP contribution >= 0.6 is 0 Å². The Morgan fingerprint density at radius 1 is 1.21 bits per heavy atom. The van der Waals surface area contributed by atoms with E-state index in [1.165, 1.54) is 5.56 Å². The quantitative estimate of drug-likeness (QED) is 0.783. The second-order valence-corrected chi connectivity index (χ2v) is 4.33. The summed E-state index contributed by atoms with van der Waals surface area (Å²) in [5.74, 6) is 0. The lowest BCUT2D eigenvalue weighted by molar-refractivity contribution is 0.146. The van der Waals surface area contributed by atoms with Crippen molar-refractivity contribution in [3.05, 3.63) is 35.9 Å². The summed E-state index contributed by atoms with van der Waals surface area (Å²) in [6.45, 7) is 8.14. The van der Waals surface area contributed by atoms with Crippen molar-refractivity contribution >= 4 is 6.09 Å². The Hall–Kier alpha value is -1.55. The van der Waals surface area contributed by atoms with Gasteiger partial charge >= 0.3 is 6.09 Å². The lowest BCUT2D eigenvalue weighted by atomic mass is 10.2. The number of rotatable bonds is 8. The average molecular weight is 264 g/mol. The van der Waals surface area contributed by atoms with Gasteiger partial charge in [-0.15, -0.1) is 0 Å². The zero-order chi connectivity index (χ0) is 13.9. The van der Waals surface area contributed by atoms with Gasteiger partial charge in [0.2, 0.25) is 0 Å². The molecule has 0 radical (unpaired) electrons. The van der Waals surface area contributed by atoms with Gasteiger partial charge in [0.15, 0.2) is 0 Å². The molecule has 0 spiro atoms. The first-order chi connectivity index (χ1) is 9.26. The summed E-state index contributed by atoms with van der Waals surface area (Å²) >= 11 is 0. The van der Waals surface area contributed by atoms with E-state index in [0.29, 0.717) is 13.2 Å². The molecular formula is C15H24N2O2. The van der Waals surface area contributed by atoms with Crippen LogP contribution in [-0.2, 0) is 11.2 Å². The molecule has 0 aliphatic heterocycles. The molecule has 0 heterocycles. The maximum absolute atomic E-state index is 11.4. The number of nitrogens with one attached hydrogen (secondary N) is 1. The molecule has 0 aliphatic rings. The van der Waals surface area contributed by atoms with Crippen LogP contribution in [0.3, 0.4) is 0 Å². The fourth-order valence-electron chi connectivity index (χ4n) is 1.81. The second kappa shape index (κ2) is 9.39. The van der Waals surface area contributed by atoms with Crippen molar-refractivity contribution in [1.82, 2.24) is 10.2 Å². The van der Waals surface area contributed by atoms with Gasteiger partial charge in [0, 0.05) is 19.5 Å². The molecule has 1 aromatic rings. The van der Waals surface area contributed by atoms with Gasteiger partial charge in [-0.1, -0.05) is 44.2 Å². The summed E-state index contributed by atoms with van der Waals surface area (Å²) in [5.41, 5.74) is 1.18. The van der Waals surface area contributed by atoms with Gasteiger partial charge in [-0.25, -0.2) is 4.79 Å². The standard InChI is InChI=1S/C15H24N2O2/c1-3-17(4-2)12-11-16-15(18)19-13-10-14-8-6-5-7-9-14/h5-9H,3-4,10-13H2,1-2H3,(H,16,18). The molecule has 0 saturated carbocycles. The Kier molecular flexibility index (Phi) is 7.66. The molecule has 1 rings (SSSR count). The van der Waals surface area contributed by atoms with E-state index in [1.54, 1.807) is 0 Å². The third-order valence-electron chi connectivity index (χ3n) is 3.06. The van der Waals surface area contributed by atoms with Gasteiger partial charge in [-0.05, 0) is 18.7 Å². The van der Waals surface area contributed by atoms with Crippen LogP contribution in [0.4, 0.5) is 4.79 Å². The Morgan fingerprint density at radius 3 is 2.53 bits per heavy atom. The van der Waals surface area contributed by atoms with Gasteiger partial charge in [-0.3, -0.25) is 0 Å². The topological polar surface area (TPSA) is 41.6 Å². The molecule has 1 amide bonds. The molecule has 0 saturated heterocycles. The van der Waals surface area contributed by atoms with E-state index in [-0.39, 0.29) is 6.09 Å².